The highest BCUT2D eigenvalue weighted by atomic mass is 16.3. The molecule has 0 saturated carbocycles. The maximum absolute atomic E-state index is 13.2. The van der Waals surface area contributed by atoms with Gasteiger partial charge in [-0.1, -0.05) is 6.07 Å². The molecule has 3 aromatic rings. The molecule has 162 valence electrons. The van der Waals surface area contributed by atoms with Gasteiger partial charge in [-0.25, -0.2) is 0 Å². The van der Waals surface area contributed by atoms with Crippen LogP contribution in [0.3, 0.4) is 0 Å². The number of carbonyl (C=O) groups excluding carboxylic acids is 2. The maximum atomic E-state index is 13.2. The first-order valence-electron chi connectivity index (χ1n) is 10.7. The van der Waals surface area contributed by atoms with Crippen LogP contribution in [-0.4, -0.2) is 34.9 Å². The molecule has 1 saturated heterocycles. The molecule has 7 heteroatoms. The number of amides is 1. The summed E-state index contributed by atoms with van der Waals surface area (Å²) in [5, 5.41) is 10.7. The van der Waals surface area contributed by atoms with Crippen molar-refractivity contribution in [2.45, 2.75) is 25.3 Å². The van der Waals surface area contributed by atoms with Crippen LogP contribution in [0, 0.1) is 0 Å². The lowest BCUT2D eigenvalue weighted by Crippen LogP contribution is -2.31. The molecule has 0 radical (unpaired) electrons. The van der Waals surface area contributed by atoms with Crippen molar-refractivity contribution in [2.24, 2.45) is 0 Å². The first-order valence-corrected chi connectivity index (χ1v) is 10.7. The predicted octanol–water partition coefficient (Wildman–Crippen LogP) is 4.45. The zero-order valence-corrected chi connectivity index (χ0v) is 17.5. The van der Waals surface area contributed by atoms with E-state index < -0.39 is 23.5 Å². The van der Waals surface area contributed by atoms with Crippen LogP contribution in [0.25, 0.3) is 0 Å². The number of anilines is 2. The zero-order valence-electron chi connectivity index (χ0n) is 17.5. The van der Waals surface area contributed by atoms with E-state index in [0.717, 1.165) is 18.8 Å². The number of rotatable bonds is 5. The van der Waals surface area contributed by atoms with Gasteiger partial charge in [0.25, 0.3) is 5.91 Å². The summed E-state index contributed by atoms with van der Waals surface area (Å²) in [6.07, 6.45) is 8.20. The lowest BCUT2D eigenvalue weighted by molar-refractivity contribution is -0.117. The van der Waals surface area contributed by atoms with E-state index in [1.165, 1.54) is 36.5 Å². The summed E-state index contributed by atoms with van der Waals surface area (Å²) in [7, 11) is 0. The van der Waals surface area contributed by atoms with Crippen molar-refractivity contribution in [1.82, 2.24) is 4.98 Å². The number of pyridine rings is 1. The van der Waals surface area contributed by atoms with Crippen molar-refractivity contribution in [1.29, 1.82) is 0 Å². The fraction of sp³-hybridized carbons (Fsp3) is 0.240. The van der Waals surface area contributed by atoms with Gasteiger partial charge in [-0.2, -0.15) is 0 Å². The number of hydrogen-bond acceptors (Lipinski definition) is 6. The second-order valence-corrected chi connectivity index (χ2v) is 8.00. The van der Waals surface area contributed by atoms with Gasteiger partial charge in [-0.05, 0) is 67.3 Å². The Morgan fingerprint density at radius 2 is 1.75 bits per heavy atom. The Morgan fingerprint density at radius 3 is 2.41 bits per heavy atom. The Bertz CT molecular complexity index is 1150. The van der Waals surface area contributed by atoms with E-state index in [1.54, 1.807) is 30.6 Å². The van der Waals surface area contributed by atoms with Crippen molar-refractivity contribution >= 4 is 23.1 Å². The van der Waals surface area contributed by atoms with Gasteiger partial charge in [-0.3, -0.25) is 19.5 Å². The Balaban J connectivity index is 1.54. The standard InChI is InChI=1S/C25H23N3O4/c29-23(20-7-5-15-32-20)21-22(17-6-4-12-26-16-17)28(25(31)24(21)30)19-10-8-18(9-11-19)27-13-2-1-3-14-27/h4-12,15-16,22,30H,1-3,13-14H2. The number of aliphatic hydroxyl groups is 1. The number of furan rings is 1. The van der Waals surface area contributed by atoms with Gasteiger partial charge in [0.2, 0.25) is 5.78 Å². The third-order valence-electron chi connectivity index (χ3n) is 6.05. The van der Waals surface area contributed by atoms with Crippen molar-refractivity contribution < 1.29 is 19.1 Å². The highest BCUT2D eigenvalue weighted by molar-refractivity contribution is 6.20. The molecule has 2 aliphatic heterocycles. The van der Waals surface area contributed by atoms with Crippen LogP contribution in [0.4, 0.5) is 11.4 Å². The van der Waals surface area contributed by atoms with E-state index >= 15 is 0 Å². The van der Waals surface area contributed by atoms with Gasteiger partial charge in [0.05, 0.1) is 17.9 Å². The maximum Gasteiger partial charge on any atom is 0.294 e. The number of benzene rings is 1. The highest BCUT2D eigenvalue weighted by Crippen LogP contribution is 2.42. The Morgan fingerprint density at radius 1 is 1.00 bits per heavy atom. The third kappa shape index (κ3) is 3.45. The summed E-state index contributed by atoms with van der Waals surface area (Å²) in [5.41, 5.74) is 2.30. The predicted molar refractivity (Wildman–Crippen MR) is 120 cm³/mol. The van der Waals surface area contributed by atoms with Gasteiger partial charge in [0.1, 0.15) is 0 Å². The second-order valence-electron chi connectivity index (χ2n) is 8.00. The molecule has 5 rings (SSSR count). The van der Waals surface area contributed by atoms with Crippen LogP contribution in [-0.2, 0) is 4.79 Å². The molecule has 1 unspecified atom stereocenters. The SMILES string of the molecule is O=C(C1=C(O)C(=O)N(c2ccc(N3CCCCC3)cc2)C1c1cccnc1)c1ccco1. The molecule has 2 aromatic heterocycles. The van der Waals surface area contributed by atoms with Gasteiger partial charge in [0, 0.05) is 36.9 Å². The van der Waals surface area contributed by atoms with Crippen LogP contribution in [0.15, 0.2) is 82.9 Å². The molecule has 1 atom stereocenters. The second kappa shape index (κ2) is 8.34. The summed E-state index contributed by atoms with van der Waals surface area (Å²) < 4.78 is 5.25. The van der Waals surface area contributed by atoms with Crippen LogP contribution in [0.1, 0.15) is 41.4 Å². The van der Waals surface area contributed by atoms with E-state index in [1.807, 2.05) is 24.3 Å². The van der Waals surface area contributed by atoms with E-state index in [-0.39, 0.29) is 11.3 Å². The molecule has 1 amide bonds. The monoisotopic (exact) mass is 429 g/mol. The Kier molecular flexibility index (Phi) is 5.23. The van der Waals surface area contributed by atoms with Crippen molar-refractivity contribution in [2.75, 3.05) is 22.9 Å². The fourth-order valence-electron chi connectivity index (χ4n) is 4.47. The topological polar surface area (TPSA) is 86.9 Å². The molecule has 2 aliphatic rings. The fourth-order valence-corrected chi connectivity index (χ4v) is 4.47. The largest absolute Gasteiger partial charge is 0.503 e. The third-order valence-corrected chi connectivity index (χ3v) is 6.05. The van der Waals surface area contributed by atoms with Crippen molar-refractivity contribution in [3.05, 3.63) is 89.8 Å². The van der Waals surface area contributed by atoms with Crippen LogP contribution in [0.2, 0.25) is 0 Å². The summed E-state index contributed by atoms with van der Waals surface area (Å²) in [4.78, 5) is 34.3. The first kappa shape index (κ1) is 20.1. The van der Waals surface area contributed by atoms with E-state index in [4.69, 9.17) is 4.42 Å². The zero-order chi connectivity index (χ0) is 22.1. The minimum Gasteiger partial charge on any atom is -0.503 e. The molecule has 32 heavy (non-hydrogen) atoms. The smallest absolute Gasteiger partial charge is 0.294 e. The molecule has 1 fully saturated rings. The van der Waals surface area contributed by atoms with Crippen molar-refractivity contribution in [3.8, 4) is 0 Å². The molecule has 0 aliphatic carbocycles. The number of hydrogen-bond donors (Lipinski definition) is 1. The number of nitrogens with zero attached hydrogens (tertiary/aromatic N) is 3. The molecular weight excluding hydrogens is 406 g/mol. The molecule has 0 bridgehead atoms. The minimum atomic E-state index is -0.811. The summed E-state index contributed by atoms with van der Waals surface area (Å²) in [5.74, 6) is -1.66. The van der Waals surface area contributed by atoms with E-state index in [2.05, 4.69) is 9.88 Å². The molecule has 4 heterocycles. The van der Waals surface area contributed by atoms with Crippen LogP contribution < -0.4 is 9.80 Å². The molecule has 1 aromatic carbocycles. The summed E-state index contributed by atoms with van der Waals surface area (Å²) in [6, 6.07) is 13.5. The number of ketones is 1. The van der Waals surface area contributed by atoms with Gasteiger partial charge in [0.15, 0.2) is 11.5 Å². The molecule has 0 spiro atoms. The number of carbonyl (C=O) groups is 2. The number of aliphatic hydroxyl groups excluding tert-OH is 1. The Hall–Kier alpha value is -3.87. The average Bonchev–Trinajstić information content (AvgIpc) is 3.47. The van der Waals surface area contributed by atoms with E-state index in [9.17, 15) is 14.7 Å². The summed E-state index contributed by atoms with van der Waals surface area (Å²) in [6.45, 7) is 2.04. The number of piperidine rings is 1. The van der Waals surface area contributed by atoms with E-state index in [0.29, 0.717) is 11.3 Å². The summed E-state index contributed by atoms with van der Waals surface area (Å²) >= 11 is 0. The number of Topliss-reactive ketones (excluding diaryl/α,β-unsaturated/α-hetero) is 1. The quantitative estimate of drug-likeness (QED) is 0.603. The Labute approximate surface area is 185 Å². The first-order chi connectivity index (χ1) is 15.6. The average molecular weight is 429 g/mol. The van der Waals surface area contributed by atoms with Crippen LogP contribution in [0.5, 0.6) is 0 Å². The van der Waals surface area contributed by atoms with Gasteiger partial charge < -0.3 is 14.4 Å². The van der Waals surface area contributed by atoms with Gasteiger partial charge >= 0.3 is 0 Å². The molecular formula is C25H23N3O4. The van der Waals surface area contributed by atoms with Crippen LogP contribution >= 0.6 is 0 Å². The highest BCUT2D eigenvalue weighted by Gasteiger charge is 2.45. The lowest BCUT2D eigenvalue weighted by Gasteiger charge is -2.30. The normalized spacial score (nSPS) is 19.0. The molecule has 1 N–H and O–H groups in total. The molecule has 7 nitrogen and oxygen atoms in total. The van der Waals surface area contributed by atoms with Crippen molar-refractivity contribution in [3.63, 3.8) is 0 Å². The minimum absolute atomic E-state index is 0.0157. The number of aromatic nitrogens is 1. The lowest BCUT2D eigenvalue weighted by atomic mass is 9.96. The van der Waals surface area contributed by atoms with Gasteiger partial charge in [-0.15, -0.1) is 0 Å².